The number of hydrogen-bond acceptors (Lipinski definition) is 7. The molecule has 6 N–H and O–H groups in total. The van der Waals surface area contributed by atoms with Gasteiger partial charge in [0, 0.05) is 23.8 Å². The van der Waals surface area contributed by atoms with Gasteiger partial charge < -0.3 is 31.4 Å². The third kappa shape index (κ3) is 11.1. The first-order valence-electron chi connectivity index (χ1n) is 7.49. The number of nitrogens with two attached hydrogens (primary N) is 1. The number of hydrogen-bond donors (Lipinski definition) is 5. The smallest absolute Gasteiger partial charge is 0.322 e. The first kappa shape index (κ1) is 22.9. The van der Waals surface area contributed by atoms with Crippen molar-refractivity contribution in [1.82, 2.24) is 10.6 Å². The Morgan fingerprint density at radius 2 is 1.88 bits per heavy atom. The van der Waals surface area contributed by atoms with Crippen molar-refractivity contribution >= 4 is 41.8 Å². The summed E-state index contributed by atoms with van der Waals surface area (Å²) in [6, 6.07) is -2.20. The van der Waals surface area contributed by atoms with Gasteiger partial charge in [0.15, 0.2) is 0 Å². The van der Waals surface area contributed by atoms with Gasteiger partial charge in [-0.15, -0.1) is 0 Å². The third-order valence-electron chi connectivity index (χ3n) is 3.04. The van der Waals surface area contributed by atoms with E-state index in [-0.39, 0.29) is 30.3 Å². The number of carbonyl (C=O) groups is 5. The highest BCUT2D eigenvalue weighted by Crippen LogP contribution is 2.14. The number of aliphatic carboxylic acids is 2. The van der Waals surface area contributed by atoms with Crippen LogP contribution < -0.4 is 16.4 Å². The second-order valence-corrected chi connectivity index (χ2v) is 6.73. The lowest BCUT2D eigenvalue weighted by atomic mass is 10.1. The molecular weight excluding hydrogens is 354 g/mol. The van der Waals surface area contributed by atoms with Crippen LogP contribution in [0.3, 0.4) is 0 Å². The molecule has 0 rings (SSSR count). The van der Waals surface area contributed by atoms with Crippen LogP contribution in [0.15, 0.2) is 0 Å². The summed E-state index contributed by atoms with van der Waals surface area (Å²) in [5.41, 5.74) is 5.31. The lowest BCUT2D eigenvalue weighted by molar-refractivity contribution is -0.139. The van der Waals surface area contributed by atoms with Crippen LogP contribution in [-0.2, 0) is 24.0 Å². The summed E-state index contributed by atoms with van der Waals surface area (Å²) in [4.78, 5) is 55.5. The molecule has 0 aromatic heterocycles. The molecule has 3 atom stereocenters. The third-order valence-corrected chi connectivity index (χ3v) is 4.33. The first-order chi connectivity index (χ1) is 11.7. The molecule has 0 aliphatic rings. The lowest BCUT2D eigenvalue weighted by Gasteiger charge is -2.19. The van der Waals surface area contributed by atoms with Crippen LogP contribution in [-0.4, -0.2) is 69.9 Å². The fourth-order valence-corrected chi connectivity index (χ4v) is 2.58. The van der Waals surface area contributed by atoms with E-state index >= 15 is 0 Å². The van der Waals surface area contributed by atoms with Gasteiger partial charge in [-0.3, -0.25) is 19.2 Å². The average molecular weight is 377 g/mol. The van der Waals surface area contributed by atoms with Gasteiger partial charge in [0.25, 0.3) is 0 Å². The lowest BCUT2D eigenvalue weighted by Crippen LogP contribution is -2.49. The molecule has 0 saturated heterocycles. The van der Waals surface area contributed by atoms with E-state index in [1.807, 2.05) is 0 Å². The highest BCUT2D eigenvalue weighted by Gasteiger charge is 2.23. The Labute approximate surface area is 148 Å². The van der Waals surface area contributed by atoms with Crippen molar-refractivity contribution in [2.45, 2.75) is 43.5 Å². The minimum absolute atomic E-state index is 0.0791. The van der Waals surface area contributed by atoms with Gasteiger partial charge in [-0.05, 0) is 6.42 Å². The Bertz CT molecular complexity index is 501. The van der Waals surface area contributed by atoms with Gasteiger partial charge in [-0.25, -0.2) is 0 Å². The van der Waals surface area contributed by atoms with E-state index in [1.54, 1.807) is 6.92 Å². The van der Waals surface area contributed by atoms with Crippen molar-refractivity contribution in [2.24, 2.45) is 5.73 Å². The van der Waals surface area contributed by atoms with Gasteiger partial charge in [0.1, 0.15) is 24.9 Å². The Morgan fingerprint density at radius 3 is 2.40 bits per heavy atom. The SMILES string of the molecule is CC(CC=O)SCC(NC(=O)CCC(N)C(=O)O)C(=O)NCC(=O)O. The van der Waals surface area contributed by atoms with E-state index in [9.17, 15) is 24.0 Å². The zero-order chi connectivity index (χ0) is 19.4. The number of carbonyl (C=O) groups excluding carboxylic acids is 3. The fraction of sp³-hybridized carbons (Fsp3) is 0.643. The number of nitrogens with one attached hydrogen (secondary N) is 2. The monoisotopic (exact) mass is 377 g/mol. The van der Waals surface area contributed by atoms with Gasteiger partial charge >= 0.3 is 11.9 Å². The minimum atomic E-state index is -1.23. The van der Waals surface area contributed by atoms with Gasteiger partial charge in [-0.2, -0.15) is 11.8 Å². The summed E-state index contributed by atoms with van der Waals surface area (Å²) < 4.78 is 0. The molecular formula is C14H23N3O7S. The van der Waals surface area contributed by atoms with E-state index in [0.29, 0.717) is 0 Å². The van der Waals surface area contributed by atoms with Crippen molar-refractivity contribution in [2.75, 3.05) is 12.3 Å². The fourth-order valence-electron chi connectivity index (χ4n) is 1.61. The Kier molecular flexibility index (Phi) is 11.2. The summed E-state index contributed by atoms with van der Waals surface area (Å²) in [7, 11) is 0. The first-order valence-corrected chi connectivity index (χ1v) is 8.54. The van der Waals surface area contributed by atoms with E-state index in [2.05, 4.69) is 10.6 Å². The van der Waals surface area contributed by atoms with Gasteiger partial charge in [0.2, 0.25) is 11.8 Å². The van der Waals surface area contributed by atoms with E-state index in [0.717, 1.165) is 6.29 Å². The number of carboxylic acids is 2. The normalized spacial score (nSPS) is 14.0. The van der Waals surface area contributed by atoms with Crippen LogP contribution in [0.25, 0.3) is 0 Å². The zero-order valence-corrected chi connectivity index (χ0v) is 14.6. The van der Waals surface area contributed by atoms with Crippen LogP contribution in [0.5, 0.6) is 0 Å². The number of amides is 2. The molecule has 11 heteroatoms. The summed E-state index contributed by atoms with van der Waals surface area (Å²) in [5, 5.41) is 21.8. The molecule has 0 aliphatic heterocycles. The number of thioether (sulfide) groups is 1. The molecule has 10 nitrogen and oxygen atoms in total. The van der Waals surface area contributed by atoms with Gasteiger partial charge in [-0.1, -0.05) is 6.92 Å². The maximum Gasteiger partial charge on any atom is 0.322 e. The predicted molar refractivity (Wildman–Crippen MR) is 90.0 cm³/mol. The molecule has 0 aliphatic carbocycles. The minimum Gasteiger partial charge on any atom is -0.480 e. The van der Waals surface area contributed by atoms with Crippen molar-refractivity contribution in [3.05, 3.63) is 0 Å². The van der Waals surface area contributed by atoms with Crippen LogP contribution in [0.1, 0.15) is 26.2 Å². The molecule has 0 spiro atoms. The van der Waals surface area contributed by atoms with E-state index < -0.39 is 42.4 Å². The van der Waals surface area contributed by atoms with Crippen LogP contribution in [0.2, 0.25) is 0 Å². The molecule has 0 saturated carbocycles. The van der Waals surface area contributed by atoms with Crippen LogP contribution in [0.4, 0.5) is 0 Å². The number of rotatable bonds is 13. The summed E-state index contributed by atoms with van der Waals surface area (Å²) in [6.45, 7) is 1.18. The quantitative estimate of drug-likeness (QED) is 0.241. The van der Waals surface area contributed by atoms with Crippen LogP contribution >= 0.6 is 11.8 Å². The molecule has 0 fully saturated rings. The van der Waals surface area contributed by atoms with Crippen molar-refractivity contribution in [3.63, 3.8) is 0 Å². The van der Waals surface area contributed by atoms with Crippen molar-refractivity contribution < 1.29 is 34.2 Å². The topological polar surface area (TPSA) is 176 Å². The molecule has 25 heavy (non-hydrogen) atoms. The maximum atomic E-state index is 12.0. The standard InChI is InChI=1S/C14H23N3O7S/c1-8(4-5-18)25-7-10(13(22)16-6-12(20)21)17-11(19)3-2-9(15)14(23)24/h5,8-10H,2-4,6-7,15H2,1H3,(H,16,22)(H,17,19)(H,20,21)(H,23,24). The molecule has 142 valence electrons. The van der Waals surface area contributed by atoms with Crippen molar-refractivity contribution in [3.8, 4) is 0 Å². The molecule has 0 aromatic rings. The molecule has 2 amide bonds. The van der Waals surface area contributed by atoms with Crippen molar-refractivity contribution in [1.29, 1.82) is 0 Å². The Morgan fingerprint density at radius 1 is 1.24 bits per heavy atom. The molecule has 0 aromatic carbocycles. The second kappa shape index (κ2) is 12.3. The summed E-state index contributed by atoms with van der Waals surface area (Å²) in [6.07, 6.45) is 0.725. The highest BCUT2D eigenvalue weighted by molar-refractivity contribution is 7.99. The van der Waals surface area contributed by atoms with Crippen LogP contribution in [0, 0.1) is 0 Å². The largest absolute Gasteiger partial charge is 0.480 e. The molecule has 0 heterocycles. The zero-order valence-electron chi connectivity index (χ0n) is 13.8. The number of carboxylic acid groups (broad SMARTS) is 2. The van der Waals surface area contributed by atoms with E-state index in [1.165, 1.54) is 11.8 Å². The Balaban J connectivity index is 4.66. The molecule has 0 bridgehead atoms. The maximum absolute atomic E-state index is 12.0. The number of aldehydes is 1. The highest BCUT2D eigenvalue weighted by atomic mass is 32.2. The Hall–Kier alpha value is -2.14. The average Bonchev–Trinajstić information content (AvgIpc) is 2.54. The predicted octanol–water partition coefficient (Wildman–Crippen LogP) is -1.43. The summed E-state index contributed by atoms with van der Waals surface area (Å²) in [5.74, 6) is -3.58. The molecule has 3 unspecified atom stereocenters. The van der Waals surface area contributed by atoms with E-state index in [4.69, 9.17) is 15.9 Å². The summed E-state index contributed by atoms with van der Waals surface area (Å²) >= 11 is 1.27. The van der Waals surface area contributed by atoms with Gasteiger partial charge in [0.05, 0.1) is 0 Å². The second-order valence-electron chi connectivity index (χ2n) is 5.26. The molecule has 0 radical (unpaired) electrons.